The van der Waals surface area contributed by atoms with Crippen LogP contribution in [0, 0.1) is 6.92 Å². The number of para-hydroxylation sites is 1. The second-order valence-electron chi connectivity index (χ2n) is 5.86. The molecule has 0 spiro atoms. The van der Waals surface area contributed by atoms with Gasteiger partial charge in [-0.25, -0.2) is 9.20 Å². The Labute approximate surface area is 148 Å². The quantitative estimate of drug-likeness (QED) is 0.614. The zero-order valence-corrected chi connectivity index (χ0v) is 14.0. The Hall–Kier alpha value is -3.74. The van der Waals surface area contributed by atoms with E-state index in [-0.39, 0.29) is 11.2 Å². The number of amides is 1. The summed E-state index contributed by atoms with van der Waals surface area (Å²) in [5.41, 5.74) is 8.03. The molecule has 1 amide bonds. The summed E-state index contributed by atoms with van der Waals surface area (Å²) in [5, 5.41) is 8.12. The summed E-state index contributed by atoms with van der Waals surface area (Å²) in [4.78, 5) is 25.2. The van der Waals surface area contributed by atoms with Crippen LogP contribution < -0.4 is 11.4 Å². The zero-order valence-electron chi connectivity index (χ0n) is 14.0. The van der Waals surface area contributed by atoms with E-state index in [1.54, 1.807) is 19.1 Å². The van der Waals surface area contributed by atoms with Gasteiger partial charge in [0, 0.05) is 0 Å². The molecule has 2 heterocycles. The highest BCUT2D eigenvalue weighted by molar-refractivity contribution is 6.02. The molecule has 2 aromatic heterocycles. The van der Waals surface area contributed by atoms with Gasteiger partial charge in [-0.2, -0.15) is 4.68 Å². The molecular formula is C19H15N5O2. The highest BCUT2D eigenvalue weighted by Crippen LogP contribution is 2.28. The lowest BCUT2D eigenvalue weighted by Crippen LogP contribution is -2.29. The van der Waals surface area contributed by atoms with Crippen LogP contribution in [0.2, 0.25) is 0 Å². The minimum absolute atomic E-state index is 0.158. The molecule has 0 fully saturated rings. The number of carbonyl (C=O) groups excluding carboxylic acids is 1. The van der Waals surface area contributed by atoms with Gasteiger partial charge < -0.3 is 5.73 Å². The minimum atomic E-state index is -0.645. The fourth-order valence-corrected chi connectivity index (χ4v) is 3.14. The van der Waals surface area contributed by atoms with Crippen molar-refractivity contribution in [2.24, 2.45) is 5.73 Å². The molecule has 0 saturated heterocycles. The Morgan fingerprint density at radius 3 is 2.23 bits per heavy atom. The van der Waals surface area contributed by atoms with E-state index >= 15 is 0 Å². The van der Waals surface area contributed by atoms with Crippen molar-refractivity contribution in [3.05, 3.63) is 82.3 Å². The van der Waals surface area contributed by atoms with Gasteiger partial charge in [-0.1, -0.05) is 53.7 Å². The van der Waals surface area contributed by atoms with Gasteiger partial charge in [0.05, 0.1) is 16.9 Å². The lowest BCUT2D eigenvalue weighted by atomic mass is 10.1. The second kappa shape index (κ2) is 5.96. The number of nitrogens with two attached hydrogens (primary N) is 1. The second-order valence-corrected chi connectivity index (χ2v) is 5.86. The molecule has 2 aromatic carbocycles. The lowest BCUT2D eigenvalue weighted by Gasteiger charge is -2.07. The number of fused-ring (bicyclic) bond motifs is 1. The monoisotopic (exact) mass is 345 g/mol. The highest BCUT2D eigenvalue weighted by Gasteiger charge is 2.24. The molecule has 0 unspecified atom stereocenters. The van der Waals surface area contributed by atoms with Crippen LogP contribution in [0.25, 0.3) is 22.6 Å². The first kappa shape index (κ1) is 15.8. The van der Waals surface area contributed by atoms with Gasteiger partial charge in [-0.15, -0.1) is 5.10 Å². The number of nitrogens with zero attached hydrogens (tertiary/aromatic N) is 4. The van der Waals surface area contributed by atoms with Crippen molar-refractivity contribution < 1.29 is 4.79 Å². The number of hydrogen-bond donors (Lipinski definition) is 1. The van der Waals surface area contributed by atoms with Crippen LogP contribution in [0.1, 0.15) is 15.9 Å². The number of primary amides is 1. The van der Waals surface area contributed by atoms with Gasteiger partial charge in [0.15, 0.2) is 5.65 Å². The number of benzene rings is 2. The van der Waals surface area contributed by atoms with E-state index in [9.17, 15) is 9.59 Å². The van der Waals surface area contributed by atoms with E-state index in [1.807, 2.05) is 48.5 Å². The minimum Gasteiger partial charge on any atom is -0.365 e. The van der Waals surface area contributed by atoms with Crippen molar-refractivity contribution in [1.29, 1.82) is 0 Å². The SMILES string of the molecule is Cc1c(C(N)=O)c2nnn(-c3ccccc3)c(=O)n2c1-c1ccccc1. The molecule has 7 nitrogen and oxygen atoms in total. The molecular weight excluding hydrogens is 330 g/mol. The van der Waals surface area contributed by atoms with Crippen LogP contribution in [0.5, 0.6) is 0 Å². The van der Waals surface area contributed by atoms with Crippen LogP contribution in [0.3, 0.4) is 0 Å². The number of carbonyl (C=O) groups is 1. The zero-order chi connectivity index (χ0) is 18.3. The summed E-state index contributed by atoms with van der Waals surface area (Å²) < 4.78 is 2.59. The van der Waals surface area contributed by atoms with E-state index in [0.717, 1.165) is 5.56 Å². The normalized spacial score (nSPS) is 11.0. The largest absolute Gasteiger partial charge is 0.365 e. The Kier molecular flexibility index (Phi) is 3.62. The summed E-state index contributed by atoms with van der Waals surface area (Å²) in [5.74, 6) is -0.645. The first-order chi connectivity index (χ1) is 12.6. The van der Waals surface area contributed by atoms with Crippen LogP contribution in [-0.4, -0.2) is 25.3 Å². The van der Waals surface area contributed by atoms with Gasteiger partial charge >= 0.3 is 5.69 Å². The maximum Gasteiger partial charge on any atom is 0.357 e. The summed E-state index contributed by atoms with van der Waals surface area (Å²) in [6.07, 6.45) is 0. The fourth-order valence-electron chi connectivity index (χ4n) is 3.14. The number of rotatable bonds is 3. The Bertz CT molecular complexity index is 1180. The Balaban J connectivity index is 2.15. The van der Waals surface area contributed by atoms with E-state index in [2.05, 4.69) is 10.3 Å². The lowest BCUT2D eigenvalue weighted by molar-refractivity contribution is 0.100. The van der Waals surface area contributed by atoms with E-state index < -0.39 is 11.6 Å². The molecule has 0 saturated carbocycles. The molecule has 4 rings (SSSR count). The molecule has 0 bridgehead atoms. The third-order valence-electron chi connectivity index (χ3n) is 4.28. The van der Waals surface area contributed by atoms with Gasteiger partial charge in [0.25, 0.3) is 5.91 Å². The highest BCUT2D eigenvalue weighted by atomic mass is 16.2. The molecule has 4 aromatic rings. The maximum absolute atomic E-state index is 13.2. The first-order valence-electron chi connectivity index (χ1n) is 8.01. The standard InChI is InChI=1S/C19H15N5O2/c1-12-15(17(20)25)18-21-22-24(14-10-6-3-7-11-14)19(26)23(18)16(12)13-8-4-2-5-9-13/h2-11H,1H3,(H2,20,25). The third-order valence-corrected chi connectivity index (χ3v) is 4.28. The predicted molar refractivity (Wildman–Crippen MR) is 97.3 cm³/mol. The van der Waals surface area contributed by atoms with Crippen LogP contribution in [-0.2, 0) is 0 Å². The van der Waals surface area contributed by atoms with Gasteiger partial charge in [-0.05, 0) is 30.2 Å². The molecule has 0 atom stereocenters. The molecule has 0 aliphatic rings. The van der Waals surface area contributed by atoms with E-state index in [1.165, 1.54) is 9.08 Å². The average molecular weight is 345 g/mol. The van der Waals surface area contributed by atoms with Crippen molar-refractivity contribution in [1.82, 2.24) is 19.4 Å². The predicted octanol–water partition coefficient (Wildman–Crippen LogP) is 1.95. The number of aromatic nitrogens is 4. The van der Waals surface area contributed by atoms with Gasteiger partial charge in [-0.3, -0.25) is 4.79 Å². The van der Waals surface area contributed by atoms with Crippen molar-refractivity contribution in [2.75, 3.05) is 0 Å². The van der Waals surface area contributed by atoms with Crippen molar-refractivity contribution in [3.63, 3.8) is 0 Å². The maximum atomic E-state index is 13.2. The van der Waals surface area contributed by atoms with Crippen LogP contribution >= 0.6 is 0 Å². The van der Waals surface area contributed by atoms with Crippen molar-refractivity contribution in [3.8, 4) is 16.9 Å². The average Bonchev–Trinajstić information content (AvgIpc) is 2.96. The molecule has 128 valence electrons. The summed E-state index contributed by atoms with van der Waals surface area (Å²) >= 11 is 0. The summed E-state index contributed by atoms with van der Waals surface area (Å²) in [6, 6.07) is 18.3. The molecule has 0 radical (unpaired) electrons. The van der Waals surface area contributed by atoms with Crippen molar-refractivity contribution in [2.45, 2.75) is 6.92 Å². The third kappa shape index (κ3) is 2.29. The van der Waals surface area contributed by atoms with Crippen molar-refractivity contribution >= 4 is 11.6 Å². The van der Waals surface area contributed by atoms with E-state index in [4.69, 9.17) is 5.73 Å². The van der Waals surface area contributed by atoms with Gasteiger partial charge in [0.2, 0.25) is 0 Å². The molecule has 7 heteroatoms. The summed E-state index contributed by atoms with van der Waals surface area (Å²) in [7, 11) is 0. The van der Waals surface area contributed by atoms with E-state index in [0.29, 0.717) is 16.9 Å². The fraction of sp³-hybridized carbons (Fsp3) is 0.0526. The van der Waals surface area contributed by atoms with Crippen LogP contribution in [0.4, 0.5) is 0 Å². The smallest absolute Gasteiger partial charge is 0.357 e. The Morgan fingerprint density at radius 2 is 1.62 bits per heavy atom. The first-order valence-corrected chi connectivity index (χ1v) is 8.01. The summed E-state index contributed by atoms with van der Waals surface area (Å²) in [6.45, 7) is 1.75. The van der Waals surface area contributed by atoms with Crippen LogP contribution in [0.15, 0.2) is 65.5 Å². The molecule has 26 heavy (non-hydrogen) atoms. The van der Waals surface area contributed by atoms with Gasteiger partial charge in [0.1, 0.15) is 0 Å². The topological polar surface area (TPSA) is 95.3 Å². The molecule has 0 aliphatic heterocycles. The molecule has 2 N–H and O–H groups in total. The Morgan fingerprint density at radius 1 is 1.00 bits per heavy atom. The molecule has 0 aliphatic carbocycles. The number of hydrogen-bond acceptors (Lipinski definition) is 4.